The van der Waals surface area contributed by atoms with Crippen molar-refractivity contribution in [1.29, 1.82) is 0 Å². The van der Waals surface area contributed by atoms with E-state index in [4.69, 9.17) is 0 Å². The van der Waals surface area contributed by atoms with E-state index < -0.39 is 5.97 Å². The molecule has 7 heteroatoms. The second kappa shape index (κ2) is 6.65. The molecular weight excluding hydrogens is 272 g/mol. The van der Waals surface area contributed by atoms with E-state index >= 15 is 0 Å². The number of esters is 1. The van der Waals surface area contributed by atoms with Gasteiger partial charge in [0.25, 0.3) is 0 Å². The predicted octanol–water partition coefficient (Wildman–Crippen LogP) is 1.17. The van der Waals surface area contributed by atoms with Gasteiger partial charge < -0.3 is 10.1 Å². The van der Waals surface area contributed by atoms with Crippen LogP contribution < -0.4 is 5.32 Å². The van der Waals surface area contributed by atoms with Gasteiger partial charge >= 0.3 is 5.97 Å². The van der Waals surface area contributed by atoms with Crippen LogP contribution in [0.3, 0.4) is 0 Å². The molecule has 1 amide bonds. The lowest BCUT2D eigenvalue weighted by Crippen LogP contribution is -2.15. The van der Waals surface area contributed by atoms with Crippen LogP contribution in [0.4, 0.5) is 5.69 Å². The lowest BCUT2D eigenvalue weighted by Gasteiger charge is -2.04. The van der Waals surface area contributed by atoms with Gasteiger partial charge in [-0.3, -0.25) is 14.5 Å². The number of nitrogens with zero attached hydrogens (tertiary/aromatic N) is 3. The maximum Gasteiger partial charge on any atom is 0.360 e. The zero-order valence-electron chi connectivity index (χ0n) is 11.9. The molecule has 2 heterocycles. The topological polar surface area (TPSA) is 86.1 Å². The Labute approximate surface area is 121 Å². The minimum atomic E-state index is -0.583. The Morgan fingerprint density at radius 3 is 2.71 bits per heavy atom. The third-order valence-corrected chi connectivity index (χ3v) is 2.87. The molecule has 2 aromatic rings. The fourth-order valence-electron chi connectivity index (χ4n) is 1.85. The van der Waals surface area contributed by atoms with Crippen molar-refractivity contribution in [2.45, 2.75) is 12.8 Å². The number of methoxy groups -OCH3 is 1. The first-order chi connectivity index (χ1) is 10.1. The minimum Gasteiger partial charge on any atom is -0.464 e. The number of carbonyl (C=O) groups is 2. The molecule has 0 aliphatic carbocycles. The van der Waals surface area contributed by atoms with Gasteiger partial charge in [0, 0.05) is 32.1 Å². The summed E-state index contributed by atoms with van der Waals surface area (Å²) in [4.78, 5) is 27.4. The molecule has 0 aromatic carbocycles. The highest BCUT2D eigenvalue weighted by molar-refractivity contribution is 5.99. The van der Waals surface area contributed by atoms with Gasteiger partial charge in [-0.05, 0) is 24.1 Å². The molecule has 2 rings (SSSR count). The summed E-state index contributed by atoms with van der Waals surface area (Å²) in [5.41, 5.74) is 1.47. The van der Waals surface area contributed by atoms with E-state index in [-0.39, 0.29) is 11.6 Å². The molecule has 0 spiro atoms. The second-order valence-corrected chi connectivity index (χ2v) is 4.46. The largest absolute Gasteiger partial charge is 0.464 e. The Morgan fingerprint density at radius 1 is 1.33 bits per heavy atom. The summed E-state index contributed by atoms with van der Waals surface area (Å²) in [7, 11) is 2.94. The van der Waals surface area contributed by atoms with Crippen molar-refractivity contribution in [3.8, 4) is 0 Å². The Hall–Kier alpha value is -2.70. The number of amides is 1. The molecule has 21 heavy (non-hydrogen) atoms. The standard InChI is InChI=1S/C14H16N4O3/c1-18-9-11(13(17-18)14(20)21-2)16-12(19)4-3-10-5-7-15-8-6-10/h5-9H,3-4H2,1-2H3,(H,16,19). The maximum absolute atomic E-state index is 11.9. The molecule has 0 aliphatic rings. The van der Waals surface area contributed by atoms with Crippen LogP contribution in [-0.4, -0.2) is 33.8 Å². The van der Waals surface area contributed by atoms with Crippen LogP contribution in [0.15, 0.2) is 30.7 Å². The average molecular weight is 288 g/mol. The van der Waals surface area contributed by atoms with Crippen LogP contribution in [0.5, 0.6) is 0 Å². The maximum atomic E-state index is 11.9. The number of aryl methyl sites for hydroxylation is 2. The summed E-state index contributed by atoms with van der Waals surface area (Å²) < 4.78 is 6.08. The van der Waals surface area contributed by atoms with Gasteiger partial charge in [-0.2, -0.15) is 5.10 Å². The number of ether oxygens (including phenoxy) is 1. The van der Waals surface area contributed by atoms with E-state index in [9.17, 15) is 9.59 Å². The molecule has 1 N–H and O–H groups in total. The van der Waals surface area contributed by atoms with Crippen LogP contribution in [-0.2, 0) is 23.0 Å². The first-order valence-corrected chi connectivity index (χ1v) is 6.41. The molecule has 0 saturated carbocycles. The first-order valence-electron chi connectivity index (χ1n) is 6.41. The van der Waals surface area contributed by atoms with Crippen molar-refractivity contribution < 1.29 is 14.3 Å². The molecule has 0 aliphatic heterocycles. The summed E-state index contributed by atoms with van der Waals surface area (Å²) in [6.07, 6.45) is 5.84. The molecule has 0 atom stereocenters. The van der Waals surface area contributed by atoms with E-state index in [0.29, 0.717) is 18.5 Å². The lowest BCUT2D eigenvalue weighted by molar-refractivity contribution is -0.116. The molecule has 0 saturated heterocycles. The highest BCUT2D eigenvalue weighted by Gasteiger charge is 2.18. The van der Waals surface area contributed by atoms with Gasteiger partial charge in [0.1, 0.15) is 0 Å². The lowest BCUT2D eigenvalue weighted by atomic mass is 10.1. The van der Waals surface area contributed by atoms with Crippen LogP contribution >= 0.6 is 0 Å². The number of aromatic nitrogens is 3. The van der Waals surface area contributed by atoms with E-state index in [0.717, 1.165) is 5.56 Å². The number of nitrogens with one attached hydrogen (secondary N) is 1. The van der Waals surface area contributed by atoms with E-state index in [1.165, 1.54) is 11.8 Å². The van der Waals surface area contributed by atoms with Crippen LogP contribution in [0, 0.1) is 0 Å². The highest BCUT2D eigenvalue weighted by Crippen LogP contribution is 2.15. The molecule has 7 nitrogen and oxygen atoms in total. The van der Waals surface area contributed by atoms with Crippen molar-refractivity contribution in [2.24, 2.45) is 7.05 Å². The van der Waals surface area contributed by atoms with Gasteiger partial charge in [0.05, 0.1) is 12.8 Å². The zero-order valence-corrected chi connectivity index (χ0v) is 11.9. The molecule has 0 radical (unpaired) electrons. The van der Waals surface area contributed by atoms with E-state index in [1.807, 2.05) is 12.1 Å². The first kappa shape index (κ1) is 14.7. The number of rotatable bonds is 5. The molecule has 110 valence electrons. The van der Waals surface area contributed by atoms with Gasteiger partial charge in [-0.15, -0.1) is 0 Å². The van der Waals surface area contributed by atoms with E-state index in [2.05, 4.69) is 20.1 Å². The second-order valence-electron chi connectivity index (χ2n) is 4.46. The average Bonchev–Trinajstić information content (AvgIpc) is 2.86. The van der Waals surface area contributed by atoms with E-state index in [1.54, 1.807) is 25.6 Å². The van der Waals surface area contributed by atoms with Crippen molar-refractivity contribution in [3.63, 3.8) is 0 Å². The number of carbonyl (C=O) groups excluding carboxylic acids is 2. The van der Waals surface area contributed by atoms with Crippen LogP contribution in [0.1, 0.15) is 22.5 Å². The number of pyridine rings is 1. The quantitative estimate of drug-likeness (QED) is 0.835. The molecule has 0 bridgehead atoms. The highest BCUT2D eigenvalue weighted by atomic mass is 16.5. The Balaban J connectivity index is 1.98. The Kier molecular flexibility index (Phi) is 4.65. The normalized spacial score (nSPS) is 10.2. The fourth-order valence-corrected chi connectivity index (χ4v) is 1.85. The van der Waals surface area contributed by atoms with Crippen molar-refractivity contribution in [3.05, 3.63) is 42.0 Å². The molecule has 2 aromatic heterocycles. The summed E-state index contributed by atoms with van der Waals surface area (Å²) in [5.74, 6) is -0.773. The van der Waals surface area contributed by atoms with Gasteiger partial charge in [0.2, 0.25) is 5.91 Å². The van der Waals surface area contributed by atoms with Crippen LogP contribution in [0.25, 0.3) is 0 Å². The van der Waals surface area contributed by atoms with Crippen LogP contribution in [0.2, 0.25) is 0 Å². The molecular formula is C14H16N4O3. The molecule has 0 fully saturated rings. The summed E-state index contributed by atoms with van der Waals surface area (Å²) >= 11 is 0. The fraction of sp³-hybridized carbons (Fsp3) is 0.286. The summed E-state index contributed by atoms with van der Waals surface area (Å²) in [6.45, 7) is 0. The Morgan fingerprint density at radius 2 is 2.05 bits per heavy atom. The van der Waals surface area contributed by atoms with Gasteiger partial charge in [0.15, 0.2) is 5.69 Å². The molecule has 0 unspecified atom stereocenters. The third kappa shape index (κ3) is 3.88. The van der Waals surface area contributed by atoms with Gasteiger partial charge in [-0.1, -0.05) is 0 Å². The van der Waals surface area contributed by atoms with Crippen molar-refractivity contribution in [1.82, 2.24) is 14.8 Å². The van der Waals surface area contributed by atoms with Gasteiger partial charge in [-0.25, -0.2) is 4.79 Å². The number of hydrogen-bond acceptors (Lipinski definition) is 5. The third-order valence-electron chi connectivity index (χ3n) is 2.87. The van der Waals surface area contributed by atoms with Crippen molar-refractivity contribution in [2.75, 3.05) is 12.4 Å². The SMILES string of the molecule is COC(=O)c1nn(C)cc1NC(=O)CCc1ccncc1. The monoisotopic (exact) mass is 288 g/mol. The van der Waals surface area contributed by atoms with Crippen molar-refractivity contribution >= 4 is 17.6 Å². The summed E-state index contributed by atoms with van der Waals surface area (Å²) in [5, 5.41) is 6.65. The summed E-state index contributed by atoms with van der Waals surface area (Å²) in [6, 6.07) is 3.72. The number of anilines is 1. The Bertz CT molecular complexity index is 637. The minimum absolute atomic E-state index is 0.0947. The zero-order chi connectivity index (χ0) is 15.2. The predicted molar refractivity (Wildman–Crippen MR) is 75.7 cm³/mol. The smallest absolute Gasteiger partial charge is 0.360 e. The number of hydrogen-bond donors (Lipinski definition) is 1.